The first-order valence-electron chi connectivity index (χ1n) is 8.71. The zero-order chi connectivity index (χ0) is 21.2. The van der Waals surface area contributed by atoms with Crippen molar-refractivity contribution in [1.82, 2.24) is 9.21 Å². The molecule has 0 aromatic heterocycles. The number of carbonyl (C=O) groups excluding carboxylic acids is 2. The quantitative estimate of drug-likeness (QED) is 0.521. The van der Waals surface area contributed by atoms with E-state index in [-0.39, 0.29) is 40.2 Å². The van der Waals surface area contributed by atoms with Gasteiger partial charge in [-0.05, 0) is 42.5 Å². The van der Waals surface area contributed by atoms with Crippen LogP contribution in [0.1, 0.15) is 17.3 Å². The van der Waals surface area contributed by atoms with Crippen molar-refractivity contribution < 1.29 is 22.7 Å². The highest BCUT2D eigenvalue weighted by atomic mass is 35.5. The summed E-state index contributed by atoms with van der Waals surface area (Å²) in [4.78, 5) is 25.4. The minimum atomic E-state index is -3.72. The van der Waals surface area contributed by atoms with Crippen LogP contribution in [-0.2, 0) is 14.8 Å². The normalized spacial score (nSPS) is 15.2. The van der Waals surface area contributed by atoms with Crippen molar-refractivity contribution in [2.24, 2.45) is 0 Å². The third-order valence-electron chi connectivity index (χ3n) is 4.51. The largest absolute Gasteiger partial charge is 0.421 e. The third-order valence-corrected chi connectivity index (χ3v) is 6.95. The first-order chi connectivity index (χ1) is 13.7. The van der Waals surface area contributed by atoms with E-state index >= 15 is 0 Å². The summed E-state index contributed by atoms with van der Waals surface area (Å²) in [5, 5.41) is 0.600. The van der Waals surface area contributed by atoms with Crippen LogP contribution < -0.4 is 4.74 Å². The molecule has 0 bridgehead atoms. The monoisotopic (exact) mass is 456 g/mol. The van der Waals surface area contributed by atoms with Gasteiger partial charge >= 0.3 is 5.97 Å². The SMILES string of the molecule is CC(=O)N1CCN(S(=O)(=O)c2ccc(C(=O)Oc3ccc(Cl)cc3Cl)cc2)CC1. The molecular weight excluding hydrogens is 439 g/mol. The van der Waals surface area contributed by atoms with Crippen LogP contribution in [0.25, 0.3) is 0 Å². The summed E-state index contributed by atoms with van der Waals surface area (Å²) >= 11 is 11.8. The molecule has 1 heterocycles. The average Bonchev–Trinajstić information content (AvgIpc) is 2.70. The zero-order valence-corrected chi connectivity index (χ0v) is 17.8. The fourth-order valence-corrected chi connectivity index (χ4v) is 4.74. The molecule has 0 aliphatic carbocycles. The minimum absolute atomic E-state index is 0.0647. The highest BCUT2D eigenvalue weighted by molar-refractivity contribution is 7.89. The lowest BCUT2D eigenvalue weighted by Gasteiger charge is -2.33. The van der Waals surface area contributed by atoms with E-state index in [4.69, 9.17) is 27.9 Å². The van der Waals surface area contributed by atoms with Crippen LogP contribution in [0, 0.1) is 0 Å². The van der Waals surface area contributed by atoms with Crippen LogP contribution in [0.15, 0.2) is 47.4 Å². The molecule has 0 spiro atoms. The van der Waals surface area contributed by atoms with Gasteiger partial charge < -0.3 is 9.64 Å². The fourth-order valence-electron chi connectivity index (χ4n) is 2.87. The van der Waals surface area contributed by atoms with Crippen LogP contribution in [0.2, 0.25) is 10.0 Å². The van der Waals surface area contributed by atoms with Gasteiger partial charge in [-0.15, -0.1) is 0 Å². The molecule has 0 radical (unpaired) electrons. The summed E-state index contributed by atoms with van der Waals surface area (Å²) in [6.07, 6.45) is 0. The number of hydrogen-bond acceptors (Lipinski definition) is 5. The van der Waals surface area contributed by atoms with Gasteiger partial charge in [0.2, 0.25) is 15.9 Å². The first-order valence-corrected chi connectivity index (χ1v) is 10.9. The number of rotatable bonds is 4. The molecule has 1 amide bonds. The first kappa shape index (κ1) is 21.6. The number of piperazine rings is 1. The Morgan fingerprint density at radius 2 is 1.59 bits per heavy atom. The van der Waals surface area contributed by atoms with Gasteiger partial charge in [0.1, 0.15) is 5.75 Å². The molecule has 1 saturated heterocycles. The number of sulfonamides is 1. The van der Waals surface area contributed by atoms with Gasteiger partial charge in [-0.25, -0.2) is 13.2 Å². The summed E-state index contributed by atoms with van der Waals surface area (Å²) in [5.74, 6) is -0.597. The Morgan fingerprint density at radius 3 is 2.14 bits per heavy atom. The predicted molar refractivity (Wildman–Crippen MR) is 109 cm³/mol. The number of amides is 1. The van der Waals surface area contributed by atoms with Gasteiger partial charge in [0.05, 0.1) is 15.5 Å². The number of benzene rings is 2. The van der Waals surface area contributed by atoms with Crippen molar-refractivity contribution in [3.8, 4) is 5.75 Å². The lowest BCUT2D eigenvalue weighted by molar-refractivity contribution is -0.129. The molecule has 0 N–H and O–H groups in total. The van der Waals surface area contributed by atoms with Crippen LogP contribution in [0.3, 0.4) is 0 Å². The van der Waals surface area contributed by atoms with Crippen LogP contribution >= 0.6 is 23.2 Å². The predicted octanol–water partition coefficient (Wildman–Crippen LogP) is 3.07. The lowest BCUT2D eigenvalue weighted by Crippen LogP contribution is -2.49. The van der Waals surface area contributed by atoms with Gasteiger partial charge in [-0.3, -0.25) is 4.79 Å². The molecule has 154 valence electrons. The summed E-state index contributed by atoms with van der Waals surface area (Å²) in [7, 11) is -3.72. The van der Waals surface area contributed by atoms with Gasteiger partial charge in [0, 0.05) is 38.1 Å². The zero-order valence-electron chi connectivity index (χ0n) is 15.5. The van der Waals surface area contributed by atoms with Gasteiger partial charge in [0.25, 0.3) is 0 Å². The van der Waals surface area contributed by atoms with Crippen molar-refractivity contribution in [1.29, 1.82) is 0 Å². The van der Waals surface area contributed by atoms with Gasteiger partial charge in [-0.2, -0.15) is 4.31 Å². The van der Waals surface area contributed by atoms with Gasteiger partial charge in [0.15, 0.2) is 0 Å². The number of esters is 1. The van der Waals surface area contributed by atoms with Crippen LogP contribution in [0.4, 0.5) is 0 Å². The van der Waals surface area contributed by atoms with E-state index in [0.717, 1.165) is 0 Å². The molecule has 2 aromatic carbocycles. The molecule has 1 fully saturated rings. The molecule has 1 aliphatic rings. The summed E-state index contributed by atoms with van der Waals surface area (Å²) in [5.41, 5.74) is 0.177. The molecule has 10 heteroatoms. The van der Waals surface area contributed by atoms with E-state index in [1.54, 1.807) is 4.90 Å². The summed E-state index contributed by atoms with van der Waals surface area (Å²) < 4.78 is 32.1. The van der Waals surface area contributed by atoms with Crippen molar-refractivity contribution in [2.75, 3.05) is 26.2 Å². The number of carbonyl (C=O) groups is 2. The molecule has 0 atom stereocenters. The Labute approximate surface area is 178 Å². The Bertz CT molecular complexity index is 1030. The Morgan fingerprint density at radius 1 is 0.966 bits per heavy atom. The maximum atomic E-state index is 12.8. The van der Waals surface area contributed by atoms with Crippen molar-refractivity contribution in [3.05, 3.63) is 58.1 Å². The summed E-state index contributed by atoms with van der Waals surface area (Å²) in [6, 6.07) is 9.93. The second-order valence-corrected chi connectivity index (χ2v) is 9.18. The van der Waals surface area contributed by atoms with E-state index < -0.39 is 16.0 Å². The molecule has 0 unspecified atom stereocenters. The second-order valence-electron chi connectivity index (χ2n) is 6.40. The van der Waals surface area contributed by atoms with Crippen LogP contribution in [0.5, 0.6) is 5.75 Å². The Hall–Kier alpha value is -2.13. The Balaban J connectivity index is 1.70. The number of nitrogens with zero attached hydrogens (tertiary/aromatic N) is 2. The molecule has 29 heavy (non-hydrogen) atoms. The van der Waals surface area contributed by atoms with Crippen molar-refractivity contribution in [2.45, 2.75) is 11.8 Å². The summed E-state index contributed by atoms with van der Waals surface area (Å²) in [6.45, 7) is 2.60. The minimum Gasteiger partial charge on any atom is -0.421 e. The maximum absolute atomic E-state index is 12.8. The molecule has 3 rings (SSSR count). The number of hydrogen-bond donors (Lipinski definition) is 0. The highest BCUT2D eigenvalue weighted by Crippen LogP contribution is 2.28. The molecule has 1 aliphatic heterocycles. The fraction of sp³-hybridized carbons (Fsp3) is 0.263. The number of ether oxygens (including phenoxy) is 1. The van der Waals surface area contributed by atoms with Crippen molar-refractivity contribution in [3.63, 3.8) is 0 Å². The topological polar surface area (TPSA) is 84.0 Å². The molecular formula is C19H18Cl2N2O5S. The molecule has 0 saturated carbocycles. The van der Waals surface area contributed by atoms with E-state index in [1.807, 2.05) is 0 Å². The molecule has 7 nitrogen and oxygen atoms in total. The highest BCUT2D eigenvalue weighted by Gasteiger charge is 2.29. The number of halogens is 2. The van der Waals surface area contributed by atoms with E-state index in [1.165, 1.54) is 53.7 Å². The Kier molecular flexibility index (Phi) is 6.48. The standard InChI is InChI=1S/C19H18Cl2N2O5S/c1-13(24)22-8-10-23(11-9-22)29(26,27)16-5-2-14(3-6-16)19(25)28-18-7-4-15(20)12-17(18)21/h2-7,12H,8-11H2,1H3. The maximum Gasteiger partial charge on any atom is 0.343 e. The van der Waals surface area contributed by atoms with Crippen molar-refractivity contribution >= 4 is 45.1 Å². The molecule has 2 aromatic rings. The van der Waals surface area contributed by atoms with Gasteiger partial charge in [-0.1, -0.05) is 23.2 Å². The smallest absolute Gasteiger partial charge is 0.343 e. The van der Waals surface area contributed by atoms with E-state index in [0.29, 0.717) is 18.1 Å². The average molecular weight is 457 g/mol. The third kappa shape index (κ3) is 4.90. The van der Waals surface area contributed by atoms with E-state index in [9.17, 15) is 18.0 Å². The second kappa shape index (κ2) is 8.71. The van der Waals surface area contributed by atoms with Crippen LogP contribution in [-0.4, -0.2) is 55.7 Å². The van der Waals surface area contributed by atoms with E-state index in [2.05, 4.69) is 0 Å². The lowest BCUT2D eigenvalue weighted by atomic mass is 10.2.